The van der Waals surface area contributed by atoms with Gasteiger partial charge in [-0.05, 0) is 25.5 Å². The standard InChI is InChI=1S/C17H22N2O7S/c1-5-11(2)18-14(17(22)26-4)13(16(21)25-3)15(20)19-27(23,24)12-9-7-6-8-10-12/h6-11,18H,5H2,1-4H3,(H,19,20)/b14-13+. The number of esters is 2. The lowest BCUT2D eigenvalue weighted by Gasteiger charge is -2.18. The molecule has 1 rings (SSSR count). The van der Waals surface area contributed by atoms with Crippen molar-refractivity contribution in [2.24, 2.45) is 0 Å². The van der Waals surface area contributed by atoms with Gasteiger partial charge in [0.15, 0.2) is 5.57 Å². The molecule has 0 heterocycles. The van der Waals surface area contributed by atoms with Gasteiger partial charge in [0.25, 0.3) is 15.9 Å². The molecular weight excluding hydrogens is 376 g/mol. The molecule has 0 radical (unpaired) electrons. The normalized spacial score (nSPS) is 13.0. The van der Waals surface area contributed by atoms with E-state index in [1.807, 2.05) is 6.92 Å². The Kier molecular flexibility index (Phi) is 7.98. The largest absolute Gasteiger partial charge is 0.465 e. The van der Waals surface area contributed by atoms with Gasteiger partial charge in [0.2, 0.25) is 0 Å². The first-order valence-corrected chi connectivity index (χ1v) is 9.45. The molecular formula is C17H22N2O7S. The van der Waals surface area contributed by atoms with Crippen molar-refractivity contribution in [1.29, 1.82) is 0 Å². The molecule has 0 bridgehead atoms. The van der Waals surface area contributed by atoms with Gasteiger partial charge in [0.1, 0.15) is 5.70 Å². The van der Waals surface area contributed by atoms with Gasteiger partial charge in [-0.1, -0.05) is 25.1 Å². The zero-order chi connectivity index (χ0) is 20.6. The summed E-state index contributed by atoms with van der Waals surface area (Å²) in [5, 5.41) is 2.69. The third kappa shape index (κ3) is 5.81. The lowest BCUT2D eigenvalue weighted by molar-refractivity contribution is -0.141. The van der Waals surface area contributed by atoms with Crippen molar-refractivity contribution < 1.29 is 32.3 Å². The quantitative estimate of drug-likeness (QED) is 0.280. The van der Waals surface area contributed by atoms with Crippen LogP contribution in [0.4, 0.5) is 0 Å². The number of hydrogen-bond acceptors (Lipinski definition) is 8. The second-order valence-electron chi connectivity index (χ2n) is 5.43. The summed E-state index contributed by atoms with van der Waals surface area (Å²) in [6.07, 6.45) is 0.554. The summed E-state index contributed by atoms with van der Waals surface area (Å²) < 4.78 is 35.6. The Balaban J connectivity index is 3.41. The topological polar surface area (TPSA) is 128 Å². The molecule has 9 nitrogen and oxygen atoms in total. The Bertz CT molecular complexity index is 832. The monoisotopic (exact) mass is 398 g/mol. The molecule has 0 aliphatic carbocycles. The third-order valence-electron chi connectivity index (χ3n) is 3.54. The highest BCUT2D eigenvalue weighted by Crippen LogP contribution is 2.12. The van der Waals surface area contributed by atoms with E-state index >= 15 is 0 Å². The SMILES string of the molecule is CCC(C)N/C(C(=O)OC)=C(\C(=O)NS(=O)(=O)c1ccccc1)C(=O)OC. The first-order chi connectivity index (χ1) is 12.7. The van der Waals surface area contributed by atoms with E-state index in [0.29, 0.717) is 6.42 Å². The molecule has 1 atom stereocenters. The van der Waals surface area contributed by atoms with Gasteiger partial charge in [-0.15, -0.1) is 0 Å². The maximum atomic E-state index is 12.6. The molecule has 0 aliphatic rings. The number of ether oxygens (including phenoxy) is 2. The number of methoxy groups -OCH3 is 2. The highest BCUT2D eigenvalue weighted by molar-refractivity contribution is 7.90. The van der Waals surface area contributed by atoms with Crippen molar-refractivity contribution in [2.45, 2.75) is 31.2 Å². The molecule has 0 fully saturated rings. The Morgan fingerprint density at radius 3 is 2.07 bits per heavy atom. The molecule has 1 unspecified atom stereocenters. The molecule has 27 heavy (non-hydrogen) atoms. The zero-order valence-electron chi connectivity index (χ0n) is 15.4. The van der Waals surface area contributed by atoms with Gasteiger partial charge in [0, 0.05) is 6.04 Å². The first kappa shape index (κ1) is 22.2. The van der Waals surface area contributed by atoms with Crippen LogP contribution in [0.2, 0.25) is 0 Å². The molecule has 1 aromatic rings. The van der Waals surface area contributed by atoms with Crippen molar-refractivity contribution >= 4 is 27.9 Å². The Morgan fingerprint density at radius 2 is 1.59 bits per heavy atom. The van der Waals surface area contributed by atoms with Gasteiger partial charge in [0.05, 0.1) is 19.1 Å². The van der Waals surface area contributed by atoms with Crippen LogP contribution in [0.25, 0.3) is 0 Å². The molecule has 0 saturated carbocycles. The van der Waals surface area contributed by atoms with Crippen molar-refractivity contribution in [3.63, 3.8) is 0 Å². The summed E-state index contributed by atoms with van der Waals surface area (Å²) >= 11 is 0. The molecule has 0 spiro atoms. The van der Waals surface area contributed by atoms with E-state index in [9.17, 15) is 22.8 Å². The van der Waals surface area contributed by atoms with E-state index in [1.54, 1.807) is 17.7 Å². The van der Waals surface area contributed by atoms with Crippen LogP contribution in [0.5, 0.6) is 0 Å². The van der Waals surface area contributed by atoms with E-state index in [4.69, 9.17) is 0 Å². The highest BCUT2D eigenvalue weighted by Gasteiger charge is 2.32. The number of benzene rings is 1. The van der Waals surface area contributed by atoms with Crippen molar-refractivity contribution in [2.75, 3.05) is 14.2 Å². The predicted molar refractivity (Wildman–Crippen MR) is 95.7 cm³/mol. The van der Waals surface area contributed by atoms with E-state index in [2.05, 4.69) is 14.8 Å². The first-order valence-electron chi connectivity index (χ1n) is 7.97. The summed E-state index contributed by atoms with van der Waals surface area (Å²) in [5.41, 5.74) is -1.29. The predicted octanol–water partition coefficient (Wildman–Crippen LogP) is 0.480. The van der Waals surface area contributed by atoms with Crippen LogP contribution >= 0.6 is 0 Å². The average molecular weight is 398 g/mol. The third-order valence-corrected chi connectivity index (χ3v) is 4.89. The minimum atomic E-state index is -4.27. The fourth-order valence-electron chi connectivity index (χ4n) is 1.93. The Labute approximate surface area is 157 Å². The van der Waals surface area contributed by atoms with Gasteiger partial charge in [-0.2, -0.15) is 0 Å². The van der Waals surface area contributed by atoms with Crippen LogP contribution < -0.4 is 10.0 Å². The van der Waals surface area contributed by atoms with Crippen LogP contribution in [0.15, 0.2) is 46.5 Å². The van der Waals surface area contributed by atoms with Crippen LogP contribution in [0, 0.1) is 0 Å². The average Bonchev–Trinajstić information content (AvgIpc) is 2.66. The van der Waals surface area contributed by atoms with Crippen molar-refractivity contribution in [1.82, 2.24) is 10.0 Å². The van der Waals surface area contributed by atoms with Crippen LogP contribution in [-0.4, -0.2) is 46.5 Å². The Hall–Kier alpha value is -2.88. The number of nitrogens with one attached hydrogen (secondary N) is 2. The second kappa shape index (κ2) is 9.72. The van der Waals surface area contributed by atoms with Crippen LogP contribution in [-0.2, 0) is 33.9 Å². The number of amides is 1. The molecule has 2 N–H and O–H groups in total. The van der Waals surface area contributed by atoms with E-state index in [0.717, 1.165) is 14.2 Å². The fourth-order valence-corrected chi connectivity index (χ4v) is 2.91. The van der Waals surface area contributed by atoms with Crippen molar-refractivity contribution in [3.8, 4) is 0 Å². The van der Waals surface area contributed by atoms with Crippen molar-refractivity contribution in [3.05, 3.63) is 41.6 Å². The number of carbonyl (C=O) groups is 3. The highest BCUT2D eigenvalue weighted by atomic mass is 32.2. The van der Waals surface area contributed by atoms with E-state index in [-0.39, 0.29) is 10.9 Å². The molecule has 0 saturated heterocycles. The van der Waals surface area contributed by atoms with Gasteiger partial charge in [-0.25, -0.2) is 22.7 Å². The minimum absolute atomic E-state index is 0.183. The van der Waals surface area contributed by atoms with Gasteiger partial charge < -0.3 is 14.8 Å². The molecule has 1 amide bonds. The van der Waals surface area contributed by atoms with E-state index < -0.39 is 39.1 Å². The molecule has 0 aromatic heterocycles. The second-order valence-corrected chi connectivity index (χ2v) is 7.12. The van der Waals surface area contributed by atoms with Gasteiger partial charge >= 0.3 is 11.9 Å². The molecule has 0 aliphatic heterocycles. The molecule has 1 aromatic carbocycles. The summed E-state index contributed by atoms with van der Waals surface area (Å²) in [6, 6.07) is 6.79. The van der Waals surface area contributed by atoms with E-state index in [1.165, 1.54) is 24.3 Å². The summed E-state index contributed by atoms with van der Waals surface area (Å²) in [5.74, 6) is -3.52. The molecule has 10 heteroatoms. The van der Waals surface area contributed by atoms with Crippen LogP contribution in [0.3, 0.4) is 0 Å². The smallest absolute Gasteiger partial charge is 0.355 e. The van der Waals surface area contributed by atoms with Gasteiger partial charge in [-0.3, -0.25) is 4.79 Å². The lowest BCUT2D eigenvalue weighted by Crippen LogP contribution is -2.40. The fraction of sp³-hybridized carbons (Fsp3) is 0.353. The Morgan fingerprint density at radius 1 is 1.04 bits per heavy atom. The number of hydrogen-bond donors (Lipinski definition) is 2. The maximum Gasteiger partial charge on any atom is 0.355 e. The summed E-state index contributed by atoms with van der Waals surface area (Å²) in [7, 11) is -2.20. The number of rotatable bonds is 8. The maximum absolute atomic E-state index is 12.6. The molecule has 148 valence electrons. The number of sulfonamides is 1. The number of carbonyl (C=O) groups excluding carboxylic acids is 3. The van der Waals surface area contributed by atoms with Crippen LogP contribution in [0.1, 0.15) is 20.3 Å². The summed E-state index contributed by atoms with van der Waals surface area (Å²) in [4.78, 5) is 36.6. The zero-order valence-corrected chi connectivity index (χ0v) is 16.3. The minimum Gasteiger partial charge on any atom is -0.465 e. The lowest BCUT2D eigenvalue weighted by atomic mass is 10.1. The summed E-state index contributed by atoms with van der Waals surface area (Å²) in [6.45, 7) is 3.51.